The van der Waals surface area contributed by atoms with Crippen LogP contribution in [0, 0.1) is 0 Å². The molecule has 1 aliphatic heterocycles. The molecule has 0 spiro atoms. The van der Waals surface area contributed by atoms with E-state index < -0.39 is 10.0 Å². The number of benzene rings is 1. The molecular weight excluding hydrogens is 344 g/mol. The van der Waals surface area contributed by atoms with Gasteiger partial charge in [-0.25, -0.2) is 13.1 Å². The lowest BCUT2D eigenvalue weighted by Crippen LogP contribution is -2.31. The van der Waals surface area contributed by atoms with Gasteiger partial charge in [-0.1, -0.05) is 0 Å². The predicted octanol–water partition coefficient (Wildman–Crippen LogP) is 1.67. The van der Waals surface area contributed by atoms with E-state index in [1.807, 2.05) is 0 Å². The van der Waals surface area contributed by atoms with Crippen molar-refractivity contribution in [3.63, 3.8) is 0 Å². The van der Waals surface area contributed by atoms with Crippen molar-refractivity contribution in [3.8, 4) is 0 Å². The molecule has 0 aliphatic carbocycles. The first-order chi connectivity index (χ1) is 12.0. The maximum Gasteiger partial charge on any atom is 0.251 e. The molecule has 1 aromatic heterocycles. The van der Waals surface area contributed by atoms with E-state index in [0.717, 1.165) is 12.8 Å². The minimum Gasteiger partial charge on any atom is -0.467 e. The Morgan fingerprint density at radius 2 is 2.00 bits per heavy atom. The fourth-order valence-electron chi connectivity index (χ4n) is 2.56. The van der Waals surface area contributed by atoms with Gasteiger partial charge in [0.15, 0.2) is 0 Å². The molecule has 1 fully saturated rings. The Morgan fingerprint density at radius 3 is 2.64 bits per heavy atom. The van der Waals surface area contributed by atoms with Crippen molar-refractivity contribution in [2.45, 2.75) is 30.4 Å². The van der Waals surface area contributed by atoms with Crippen molar-refractivity contribution < 1.29 is 22.4 Å². The maximum atomic E-state index is 12.3. The molecule has 0 radical (unpaired) electrons. The Balaban J connectivity index is 1.57. The van der Waals surface area contributed by atoms with Gasteiger partial charge in [-0.15, -0.1) is 0 Å². The Labute approximate surface area is 146 Å². The van der Waals surface area contributed by atoms with Gasteiger partial charge in [0, 0.05) is 18.7 Å². The van der Waals surface area contributed by atoms with Crippen LogP contribution in [0.4, 0.5) is 0 Å². The van der Waals surface area contributed by atoms with Gasteiger partial charge >= 0.3 is 0 Å². The minimum atomic E-state index is -3.61. The lowest BCUT2D eigenvalue weighted by molar-refractivity contribution is 0.0948. The van der Waals surface area contributed by atoms with Crippen LogP contribution >= 0.6 is 0 Å². The Kier molecular flexibility index (Phi) is 5.52. The number of carbonyl (C=O) groups is 1. The smallest absolute Gasteiger partial charge is 0.251 e. The molecule has 1 aliphatic rings. The highest BCUT2D eigenvalue weighted by Gasteiger charge is 2.20. The third-order valence-corrected chi connectivity index (χ3v) is 5.39. The van der Waals surface area contributed by atoms with Crippen LogP contribution in [0.2, 0.25) is 0 Å². The molecule has 7 nitrogen and oxygen atoms in total. The molecule has 2 N–H and O–H groups in total. The van der Waals surface area contributed by atoms with Gasteiger partial charge < -0.3 is 14.5 Å². The van der Waals surface area contributed by atoms with Crippen molar-refractivity contribution >= 4 is 15.9 Å². The van der Waals surface area contributed by atoms with E-state index in [9.17, 15) is 13.2 Å². The number of sulfonamides is 1. The maximum absolute atomic E-state index is 12.3. The van der Waals surface area contributed by atoms with E-state index in [-0.39, 0.29) is 30.0 Å². The molecule has 1 saturated heterocycles. The molecule has 0 saturated carbocycles. The normalized spacial score (nSPS) is 17.5. The van der Waals surface area contributed by atoms with Crippen molar-refractivity contribution in [1.82, 2.24) is 10.0 Å². The van der Waals surface area contributed by atoms with E-state index in [1.165, 1.54) is 30.5 Å². The van der Waals surface area contributed by atoms with Crippen LogP contribution in [0.15, 0.2) is 52.0 Å². The van der Waals surface area contributed by atoms with Crippen molar-refractivity contribution in [2.24, 2.45) is 0 Å². The monoisotopic (exact) mass is 364 g/mol. The van der Waals surface area contributed by atoms with Crippen LogP contribution in [0.5, 0.6) is 0 Å². The average molecular weight is 364 g/mol. The number of rotatable bonds is 7. The molecule has 1 aromatic carbocycles. The van der Waals surface area contributed by atoms with Crippen LogP contribution < -0.4 is 10.0 Å². The highest BCUT2D eigenvalue weighted by molar-refractivity contribution is 7.89. The fourth-order valence-corrected chi connectivity index (χ4v) is 3.63. The zero-order chi connectivity index (χ0) is 17.7. The summed E-state index contributed by atoms with van der Waals surface area (Å²) in [5.41, 5.74) is 0.379. The fraction of sp³-hybridized carbons (Fsp3) is 0.353. The minimum absolute atomic E-state index is 0.0681. The van der Waals surface area contributed by atoms with Crippen LogP contribution in [0.3, 0.4) is 0 Å². The van der Waals surface area contributed by atoms with E-state index >= 15 is 0 Å². The van der Waals surface area contributed by atoms with E-state index in [0.29, 0.717) is 17.9 Å². The molecule has 2 aromatic rings. The second-order valence-corrected chi connectivity index (χ2v) is 7.54. The second-order valence-electron chi connectivity index (χ2n) is 5.77. The summed E-state index contributed by atoms with van der Waals surface area (Å²) >= 11 is 0. The third-order valence-electron chi connectivity index (χ3n) is 3.96. The molecule has 3 rings (SSSR count). The molecule has 2 heterocycles. The third kappa shape index (κ3) is 4.68. The molecule has 25 heavy (non-hydrogen) atoms. The van der Waals surface area contributed by atoms with Gasteiger partial charge in [0.05, 0.1) is 23.8 Å². The first kappa shape index (κ1) is 17.7. The number of carbonyl (C=O) groups excluding carboxylic acids is 1. The summed E-state index contributed by atoms with van der Waals surface area (Å²) in [4.78, 5) is 12.2. The van der Waals surface area contributed by atoms with Gasteiger partial charge in [0.25, 0.3) is 5.91 Å². The number of nitrogens with one attached hydrogen (secondary N) is 2. The molecule has 1 atom stereocenters. The summed E-state index contributed by atoms with van der Waals surface area (Å²) in [6.45, 7) is 1.21. The Bertz CT molecular complexity index is 794. The standard InChI is InChI=1S/C17H20N2O5S/c20-17(18-11-14-3-1-9-23-14)13-5-7-16(8-6-13)25(21,22)19-12-15-4-2-10-24-15/h1,3,5-9,15,19H,2,4,10-12H2,(H,18,20)/t15-/m1/s1. The number of amides is 1. The summed E-state index contributed by atoms with van der Waals surface area (Å²) in [6, 6.07) is 9.30. The molecule has 1 amide bonds. The van der Waals surface area contributed by atoms with Gasteiger partial charge in [0.1, 0.15) is 5.76 Å². The summed E-state index contributed by atoms with van der Waals surface area (Å²) in [5, 5.41) is 2.71. The van der Waals surface area contributed by atoms with Gasteiger partial charge in [-0.3, -0.25) is 4.79 Å². The number of hydrogen-bond acceptors (Lipinski definition) is 5. The summed E-state index contributed by atoms with van der Waals surface area (Å²) in [5.74, 6) is 0.346. The zero-order valence-electron chi connectivity index (χ0n) is 13.6. The van der Waals surface area contributed by atoms with Crippen molar-refractivity contribution in [3.05, 3.63) is 54.0 Å². The quantitative estimate of drug-likeness (QED) is 0.779. The predicted molar refractivity (Wildman–Crippen MR) is 90.5 cm³/mol. The number of ether oxygens (including phenoxy) is 1. The molecule has 134 valence electrons. The Hall–Kier alpha value is -2.16. The molecule has 0 bridgehead atoms. The lowest BCUT2D eigenvalue weighted by atomic mass is 10.2. The van der Waals surface area contributed by atoms with Crippen LogP contribution in [0.25, 0.3) is 0 Å². The SMILES string of the molecule is O=C(NCc1ccco1)c1ccc(S(=O)(=O)NC[C@H]2CCCO2)cc1. The van der Waals surface area contributed by atoms with Crippen molar-refractivity contribution in [2.75, 3.05) is 13.2 Å². The summed E-state index contributed by atoms with van der Waals surface area (Å²) in [6.07, 6.45) is 3.28. The topological polar surface area (TPSA) is 97.6 Å². The first-order valence-electron chi connectivity index (χ1n) is 8.06. The van der Waals surface area contributed by atoms with Gasteiger partial charge in [-0.05, 0) is 49.2 Å². The van der Waals surface area contributed by atoms with Gasteiger partial charge in [-0.2, -0.15) is 0 Å². The van der Waals surface area contributed by atoms with Crippen LogP contribution in [-0.2, 0) is 21.3 Å². The van der Waals surface area contributed by atoms with E-state index in [1.54, 1.807) is 12.1 Å². The first-order valence-corrected chi connectivity index (χ1v) is 9.55. The van der Waals surface area contributed by atoms with Gasteiger partial charge in [0.2, 0.25) is 10.0 Å². The summed E-state index contributed by atoms with van der Waals surface area (Å²) in [7, 11) is -3.61. The van der Waals surface area contributed by atoms with E-state index in [4.69, 9.17) is 9.15 Å². The Morgan fingerprint density at radius 1 is 1.20 bits per heavy atom. The highest BCUT2D eigenvalue weighted by atomic mass is 32.2. The largest absolute Gasteiger partial charge is 0.467 e. The van der Waals surface area contributed by atoms with E-state index in [2.05, 4.69) is 10.0 Å². The molecule has 0 unspecified atom stereocenters. The average Bonchev–Trinajstić information content (AvgIpc) is 3.31. The van der Waals surface area contributed by atoms with Crippen LogP contribution in [-0.4, -0.2) is 33.6 Å². The molecular formula is C17H20N2O5S. The van der Waals surface area contributed by atoms with Crippen LogP contribution in [0.1, 0.15) is 29.0 Å². The number of hydrogen-bond donors (Lipinski definition) is 2. The van der Waals surface area contributed by atoms with Crippen molar-refractivity contribution in [1.29, 1.82) is 0 Å². The lowest BCUT2D eigenvalue weighted by Gasteiger charge is -2.11. The zero-order valence-corrected chi connectivity index (χ0v) is 14.4. The summed E-state index contributed by atoms with van der Waals surface area (Å²) < 4.78 is 37.6. The molecule has 8 heteroatoms. The second kappa shape index (κ2) is 7.81. The number of furan rings is 1. The highest BCUT2D eigenvalue weighted by Crippen LogP contribution is 2.14.